The van der Waals surface area contributed by atoms with Crippen LogP contribution in [-0.4, -0.2) is 18.5 Å². The molecule has 7 heteroatoms. The third kappa shape index (κ3) is 5.21. The first-order chi connectivity index (χ1) is 12.1. The summed E-state index contributed by atoms with van der Waals surface area (Å²) in [6.07, 6.45) is 0.469. The van der Waals surface area contributed by atoms with Gasteiger partial charge in [0.15, 0.2) is 11.5 Å². The van der Waals surface area contributed by atoms with E-state index in [2.05, 4.69) is 5.32 Å². The Balaban J connectivity index is 1.36. The molecule has 0 atom stereocenters. The lowest BCUT2D eigenvalue weighted by molar-refractivity contribution is -0.120. The van der Waals surface area contributed by atoms with Crippen LogP contribution in [0.1, 0.15) is 17.5 Å². The van der Waals surface area contributed by atoms with Gasteiger partial charge in [0.25, 0.3) is 0 Å². The molecule has 3 rings (SSSR count). The summed E-state index contributed by atoms with van der Waals surface area (Å²) in [6, 6.07) is 11.3. The molecule has 1 heterocycles. The fourth-order valence-electron chi connectivity index (χ4n) is 2.32. The van der Waals surface area contributed by atoms with Crippen molar-refractivity contribution in [2.24, 2.45) is 0 Å². The van der Waals surface area contributed by atoms with E-state index in [-0.39, 0.29) is 12.7 Å². The highest BCUT2D eigenvalue weighted by atomic mass is 35.5. The first-order valence-electron chi connectivity index (χ1n) is 7.79. The summed E-state index contributed by atoms with van der Waals surface area (Å²) in [5.74, 6) is 3.04. The van der Waals surface area contributed by atoms with Gasteiger partial charge >= 0.3 is 0 Å². The monoisotopic (exact) mass is 397 g/mol. The summed E-state index contributed by atoms with van der Waals surface area (Å²) in [6.45, 7) is 0.730. The zero-order valence-corrected chi connectivity index (χ0v) is 15.7. The molecule has 0 aromatic heterocycles. The Morgan fingerprint density at radius 3 is 2.68 bits per heavy atom. The van der Waals surface area contributed by atoms with E-state index < -0.39 is 0 Å². The smallest absolute Gasteiger partial charge is 0.231 e. The van der Waals surface area contributed by atoms with Crippen LogP contribution >= 0.6 is 35.0 Å². The minimum absolute atomic E-state index is 0.0271. The highest BCUT2D eigenvalue weighted by Gasteiger charge is 2.13. The summed E-state index contributed by atoms with van der Waals surface area (Å²) in [5.41, 5.74) is 2.08. The molecule has 1 amide bonds. The second kappa shape index (κ2) is 8.70. The Morgan fingerprint density at radius 2 is 1.84 bits per heavy atom. The number of halogens is 2. The highest BCUT2D eigenvalue weighted by Crippen LogP contribution is 2.32. The number of rotatable bonds is 7. The number of amides is 1. The number of thioether (sulfide) groups is 1. The molecule has 0 radical (unpaired) electrons. The lowest BCUT2D eigenvalue weighted by Crippen LogP contribution is -2.22. The van der Waals surface area contributed by atoms with Gasteiger partial charge in [0, 0.05) is 24.5 Å². The van der Waals surface area contributed by atoms with Gasteiger partial charge < -0.3 is 14.8 Å². The molecule has 0 bridgehead atoms. The van der Waals surface area contributed by atoms with E-state index in [0.29, 0.717) is 23.0 Å². The first kappa shape index (κ1) is 18.2. The van der Waals surface area contributed by atoms with Crippen LogP contribution in [0.15, 0.2) is 36.4 Å². The van der Waals surface area contributed by atoms with Gasteiger partial charge in [-0.2, -0.15) is 11.8 Å². The Hall–Kier alpha value is -1.56. The predicted octanol–water partition coefficient (Wildman–Crippen LogP) is 4.66. The Bertz CT molecular complexity index is 770. The molecule has 0 fully saturated rings. The number of carbonyl (C=O) groups excluding carboxylic acids is 1. The van der Waals surface area contributed by atoms with Crippen molar-refractivity contribution in [3.63, 3.8) is 0 Å². The molecule has 132 valence electrons. The summed E-state index contributed by atoms with van der Waals surface area (Å²) >= 11 is 13.6. The van der Waals surface area contributed by atoms with E-state index in [0.717, 1.165) is 34.1 Å². The van der Waals surface area contributed by atoms with Crippen LogP contribution in [-0.2, 0) is 17.1 Å². The zero-order chi connectivity index (χ0) is 17.6. The summed E-state index contributed by atoms with van der Waals surface area (Å²) < 4.78 is 10.6. The molecule has 1 aliphatic rings. The molecule has 0 saturated heterocycles. The molecule has 1 N–H and O–H groups in total. The summed E-state index contributed by atoms with van der Waals surface area (Å²) in [5, 5.41) is 4.03. The fourth-order valence-corrected chi connectivity index (χ4v) is 3.53. The Morgan fingerprint density at radius 1 is 1.04 bits per heavy atom. The second-order valence-electron chi connectivity index (χ2n) is 5.52. The lowest BCUT2D eigenvalue weighted by Gasteiger charge is -2.07. The maximum atomic E-state index is 11.9. The van der Waals surface area contributed by atoms with E-state index in [1.54, 1.807) is 17.8 Å². The Labute approximate surface area is 160 Å². The van der Waals surface area contributed by atoms with Crippen molar-refractivity contribution in [1.82, 2.24) is 5.32 Å². The molecule has 0 unspecified atom stereocenters. The topological polar surface area (TPSA) is 47.6 Å². The second-order valence-corrected chi connectivity index (χ2v) is 7.43. The van der Waals surface area contributed by atoms with Crippen molar-refractivity contribution in [3.05, 3.63) is 57.6 Å². The van der Waals surface area contributed by atoms with Crippen molar-refractivity contribution >= 4 is 40.9 Å². The number of benzene rings is 2. The third-order valence-corrected chi connectivity index (χ3v) is 5.42. The molecule has 2 aromatic rings. The number of carbonyl (C=O) groups is 1. The van der Waals surface area contributed by atoms with Gasteiger partial charge in [-0.3, -0.25) is 4.79 Å². The minimum Gasteiger partial charge on any atom is -0.454 e. The van der Waals surface area contributed by atoms with Crippen LogP contribution < -0.4 is 14.8 Å². The van der Waals surface area contributed by atoms with Gasteiger partial charge in [0.05, 0.1) is 10.0 Å². The number of nitrogens with one attached hydrogen (secondary N) is 1. The van der Waals surface area contributed by atoms with Crippen molar-refractivity contribution < 1.29 is 14.3 Å². The van der Waals surface area contributed by atoms with Crippen LogP contribution in [0.25, 0.3) is 0 Å². The van der Waals surface area contributed by atoms with Crippen molar-refractivity contribution in [2.75, 3.05) is 12.5 Å². The average Bonchev–Trinajstić information content (AvgIpc) is 3.07. The number of hydrogen-bond acceptors (Lipinski definition) is 4. The van der Waals surface area contributed by atoms with Gasteiger partial charge in [-0.25, -0.2) is 0 Å². The molecular formula is C18H17Cl2NO3S. The fraction of sp³-hybridized carbons (Fsp3) is 0.278. The minimum atomic E-state index is 0.0271. The number of fused-ring (bicyclic) bond motifs is 1. The SMILES string of the molecule is O=C(CCSCc1ccc(Cl)c(Cl)c1)NCc1ccc2c(c1)OCO2. The van der Waals surface area contributed by atoms with Crippen molar-refractivity contribution in [1.29, 1.82) is 0 Å². The summed E-state index contributed by atoms with van der Waals surface area (Å²) in [4.78, 5) is 11.9. The van der Waals surface area contributed by atoms with Crippen molar-refractivity contribution in [3.8, 4) is 11.5 Å². The van der Waals surface area contributed by atoms with Crippen molar-refractivity contribution in [2.45, 2.75) is 18.7 Å². The molecular weight excluding hydrogens is 381 g/mol. The maximum Gasteiger partial charge on any atom is 0.231 e. The van der Waals surface area contributed by atoms with Crippen LogP contribution in [0.3, 0.4) is 0 Å². The Kier molecular flexibility index (Phi) is 6.34. The van der Waals surface area contributed by atoms with E-state index in [1.165, 1.54) is 0 Å². The largest absolute Gasteiger partial charge is 0.454 e. The predicted molar refractivity (Wildman–Crippen MR) is 102 cm³/mol. The molecule has 0 aliphatic carbocycles. The van der Waals surface area contributed by atoms with Gasteiger partial charge in [-0.15, -0.1) is 0 Å². The van der Waals surface area contributed by atoms with Crippen LogP contribution in [0.4, 0.5) is 0 Å². The van der Waals surface area contributed by atoms with E-state index in [4.69, 9.17) is 32.7 Å². The number of hydrogen-bond donors (Lipinski definition) is 1. The summed E-state index contributed by atoms with van der Waals surface area (Å²) in [7, 11) is 0. The van der Waals surface area contributed by atoms with Gasteiger partial charge in [-0.1, -0.05) is 35.3 Å². The van der Waals surface area contributed by atoms with E-state index in [9.17, 15) is 4.79 Å². The average molecular weight is 398 g/mol. The molecule has 4 nitrogen and oxygen atoms in total. The standard InChI is InChI=1S/C18H17Cl2NO3S/c19-14-3-1-13(7-15(14)20)10-25-6-5-18(22)21-9-12-2-4-16-17(8-12)24-11-23-16/h1-4,7-8H,5-6,9-11H2,(H,21,22). The van der Waals surface area contributed by atoms with Gasteiger partial charge in [0.1, 0.15) is 0 Å². The van der Waals surface area contributed by atoms with Crippen LogP contribution in [0.5, 0.6) is 11.5 Å². The molecule has 2 aromatic carbocycles. The van der Waals surface area contributed by atoms with Crippen LogP contribution in [0, 0.1) is 0 Å². The maximum absolute atomic E-state index is 11.9. The number of ether oxygens (including phenoxy) is 2. The normalized spacial score (nSPS) is 12.2. The third-order valence-electron chi connectivity index (χ3n) is 3.65. The quantitative estimate of drug-likeness (QED) is 0.689. The highest BCUT2D eigenvalue weighted by molar-refractivity contribution is 7.98. The molecule has 25 heavy (non-hydrogen) atoms. The van der Waals surface area contributed by atoms with E-state index in [1.807, 2.05) is 30.3 Å². The van der Waals surface area contributed by atoms with E-state index >= 15 is 0 Å². The van der Waals surface area contributed by atoms with Gasteiger partial charge in [-0.05, 0) is 35.4 Å². The molecule has 0 spiro atoms. The van der Waals surface area contributed by atoms with Gasteiger partial charge in [0.2, 0.25) is 12.7 Å². The van der Waals surface area contributed by atoms with Crippen LogP contribution in [0.2, 0.25) is 10.0 Å². The first-order valence-corrected chi connectivity index (χ1v) is 9.70. The zero-order valence-electron chi connectivity index (χ0n) is 13.4. The molecule has 0 saturated carbocycles. The molecule has 1 aliphatic heterocycles. The lowest BCUT2D eigenvalue weighted by atomic mass is 10.2.